The van der Waals surface area contributed by atoms with Crippen LogP contribution in [0.15, 0.2) is 0 Å². The minimum Gasteiger partial charge on any atom is -0.480 e. The fourth-order valence-corrected chi connectivity index (χ4v) is 4.20. The smallest absolute Gasteiger partial charge is 0.318 e. The van der Waals surface area contributed by atoms with Crippen molar-refractivity contribution in [2.24, 2.45) is 5.41 Å². The van der Waals surface area contributed by atoms with E-state index in [1.165, 1.54) is 0 Å². The summed E-state index contributed by atoms with van der Waals surface area (Å²) in [5, 5.41) is 17.4. The van der Waals surface area contributed by atoms with Crippen LogP contribution in [0.3, 0.4) is 0 Å². The summed E-state index contributed by atoms with van der Waals surface area (Å²) in [5.41, 5.74) is -0.445. The zero-order valence-corrected chi connectivity index (χ0v) is 11.4. The molecule has 0 unspecified atom stereocenters. The molecular formula is C11H18N2O4S. The van der Waals surface area contributed by atoms with Crippen molar-refractivity contribution >= 4 is 16.0 Å². The van der Waals surface area contributed by atoms with Crippen molar-refractivity contribution in [3.63, 3.8) is 0 Å². The Labute approximate surface area is 107 Å². The Morgan fingerprint density at radius 1 is 1.50 bits per heavy atom. The first-order valence-corrected chi connectivity index (χ1v) is 7.42. The SMILES string of the molecule is CC(C)N(CC(=O)O)S(=O)(=O)CC1(CC#N)CC1. The molecule has 0 atom stereocenters. The van der Waals surface area contributed by atoms with Gasteiger partial charge in [-0.15, -0.1) is 0 Å². The highest BCUT2D eigenvalue weighted by Gasteiger charge is 2.47. The predicted molar refractivity (Wildman–Crippen MR) is 65.2 cm³/mol. The lowest BCUT2D eigenvalue weighted by molar-refractivity contribution is -0.137. The maximum atomic E-state index is 12.2. The Kier molecular flexibility index (Phi) is 4.35. The number of aliphatic carboxylic acids is 1. The van der Waals surface area contributed by atoms with Crippen LogP contribution in [-0.4, -0.2) is 42.1 Å². The van der Waals surface area contributed by atoms with Crippen LogP contribution in [0.4, 0.5) is 0 Å². The molecule has 0 aliphatic heterocycles. The van der Waals surface area contributed by atoms with Crippen molar-refractivity contribution in [3.05, 3.63) is 0 Å². The number of carboxylic acids is 1. The lowest BCUT2D eigenvalue weighted by Crippen LogP contribution is -2.43. The van der Waals surface area contributed by atoms with E-state index in [1.807, 2.05) is 6.07 Å². The van der Waals surface area contributed by atoms with Crippen molar-refractivity contribution in [1.82, 2.24) is 4.31 Å². The maximum absolute atomic E-state index is 12.2. The third-order valence-corrected chi connectivity index (χ3v) is 5.37. The van der Waals surface area contributed by atoms with Crippen molar-refractivity contribution < 1.29 is 18.3 Å². The third-order valence-electron chi connectivity index (χ3n) is 3.12. The fourth-order valence-electron chi connectivity index (χ4n) is 1.92. The summed E-state index contributed by atoms with van der Waals surface area (Å²) in [5.74, 6) is -1.30. The van der Waals surface area contributed by atoms with Gasteiger partial charge in [0.15, 0.2) is 0 Å². The zero-order chi connectivity index (χ0) is 14.0. The first-order valence-electron chi connectivity index (χ1n) is 5.81. The molecule has 0 heterocycles. The summed E-state index contributed by atoms with van der Waals surface area (Å²) in [7, 11) is -3.63. The molecule has 1 N–H and O–H groups in total. The largest absolute Gasteiger partial charge is 0.480 e. The van der Waals surface area contributed by atoms with E-state index in [9.17, 15) is 13.2 Å². The number of carbonyl (C=O) groups is 1. The van der Waals surface area contributed by atoms with Crippen LogP contribution in [0.25, 0.3) is 0 Å². The highest BCUT2D eigenvalue weighted by atomic mass is 32.2. The molecule has 0 amide bonds. The first kappa shape index (κ1) is 14.9. The topological polar surface area (TPSA) is 98.5 Å². The zero-order valence-electron chi connectivity index (χ0n) is 10.6. The summed E-state index contributed by atoms with van der Waals surface area (Å²) < 4.78 is 25.4. The second-order valence-corrected chi connectivity index (χ2v) is 7.05. The number of nitriles is 1. The molecule has 6 nitrogen and oxygen atoms in total. The quantitative estimate of drug-likeness (QED) is 0.740. The van der Waals surface area contributed by atoms with Crippen LogP contribution in [0.2, 0.25) is 0 Å². The lowest BCUT2D eigenvalue weighted by atomic mass is 10.1. The molecule has 0 spiro atoms. The monoisotopic (exact) mass is 274 g/mol. The molecule has 7 heteroatoms. The van der Waals surface area contributed by atoms with Gasteiger partial charge >= 0.3 is 5.97 Å². The molecule has 1 saturated carbocycles. The number of hydrogen-bond donors (Lipinski definition) is 1. The molecule has 1 fully saturated rings. The fraction of sp³-hybridized carbons (Fsp3) is 0.818. The third kappa shape index (κ3) is 3.68. The molecule has 1 rings (SSSR count). The number of hydrogen-bond acceptors (Lipinski definition) is 4. The maximum Gasteiger partial charge on any atom is 0.318 e. The van der Waals surface area contributed by atoms with Gasteiger partial charge in [0.1, 0.15) is 6.54 Å². The standard InChI is InChI=1S/C11H18N2O4S/c1-9(2)13(7-10(14)15)18(16,17)8-11(3-4-11)5-6-12/h9H,3-5,7-8H2,1-2H3,(H,14,15). The van der Waals surface area contributed by atoms with Gasteiger partial charge in [-0.25, -0.2) is 8.42 Å². The van der Waals surface area contributed by atoms with Crippen LogP contribution < -0.4 is 0 Å². The average Bonchev–Trinajstić information content (AvgIpc) is 2.93. The molecule has 1 aliphatic carbocycles. The Morgan fingerprint density at radius 2 is 2.06 bits per heavy atom. The lowest BCUT2D eigenvalue weighted by Gasteiger charge is -2.26. The first-order chi connectivity index (χ1) is 8.22. The van der Waals surface area contributed by atoms with Crippen molar-refractivity contribution in [1.29, 1.82) is 5.26 Å². The molecule has 18 heavy (non-hydrogen) atoms. The van der Waals surface area contributed by atoms with E-state index in [0.717, 1.165) is 17.1 Å². The Balaban J connectivity index is 2.83. The van der Waals surface area contributed by atoms with Crippen LogP contribution >= 0.6 is 0 Å². The van der Waals surface area contributed by atoms with Crippen molar-refractivity contribution in [3.8, 4) is 6.07 Å². The van der Waals surface area contributed by atoms with Crippen molar-refractivity contribution in [2.75, 3.05) is 12.3 Å². The van der Waals surface area contributed by atoms with Gasteiger partial charge in [-0.3, -0.25) is 4.79 Å². The van der Waals surface area contributed by atoms with E-state index in [2.05, 4.69) is 0 Å². The van der Waals surface area contributed by atoms with Gasteiger partial charge in [0.25, 0.3) is 0 Å². The van der Waals surface area contributed by atoms with Crippen molar-refractivity contribution in [2.45, 2.75) is 39.2 Å². The summed E-state index contributed by atoms with van der Waals surface area (Å²) in [6.07, 6.45) is 1.66. The summed E-state index contributed by atoms with van der Waals surface area (Å²) in [6, 6.07) is 1.60. The van der Waals surface area contributed by atoms with Gasteiger partial charge in [-0.1, -0.05) is 0 Å². The minimum atomic E-state index is -3.63. The highest BCUT2D eigenvalue weighted by molar-refractivity contribution is 7.89. The average molecular weight is 274 g/mol. The van der Waals surface area contributed by atoms with Crippen LogP contribution in [0, 0.1) is 16.7 Å². The van der Waals surface area contributed by atoms with E-state index < -0.39 is 34.0 Å². The van der Waals surface area contributed by atoms with E-state index in [4.69, 9.17) is 10.4 Å². The predicted octanol–water partition coefficient (Wildman–Crippen LogP) is 0.805. The van der Waals surface area contributed by atoms with E-state index in [1.54, 1.807) is 13.8 Å². The molecule has 0 aromatic carbocycles. The van der Waals surface area contributed by atoms with Gasteiger partial charge in [-0.2, -0.15) is 9.57 Å². The summed E-state index contributed by atoms with van der Waals surface area (Å²) >= 11 is 0. The van der Waals surface area contributed by atoms with Gasteiger partial charge in [0.2, 0.25) is 10.0 Å². The number of carboxylic acid groups (broad SMARTS) is 1. The van der Waals surface area contributed by atoms with Crippen LogP contribution in [-0.2, 0) is 14.8 Å². The van der Waals surface area contributed by atoms with E-state index in [-0.39, 0.29) is 12.2 Å². The molecule has 102 valence electrons. The van der Waals surface area contributed by atoms with E-state index >= 15 is 0 Å². The molecule has 0 bridgehead atoms. The van der Waals surface area contributed by atoms with Gasteiger partial charge < -0.3 is 5.11 Å². The van der Waals surface area contributed by atoms with Gasteiger partial charge in [0.05, 0.1) is 11.8 Å². The molecule has 0 radical (unpaired) electrons. The van der Waals surface area contributed by atoms with E-state index in [0.29, 0.717) is 0 Å². The van der Waals surface area contributed by atoms with Gasteiger partial charge in [0, 0.05) is 12.5 Å². The number of sulfonamides is 1. The molecule has 0 saturated heterocycles. The molecular weight excluding hydrogens is 256 g/mol. The number of rotatable bonds is 7. The van der Waals surface area contributed by atoms with Crippen LogP contribution in [0.5, 0.6) is 0 Å². The highest BCUT2D eigenvalue weighted by Crippen LogP contribution is 2.49. The molecule has 0 aromatic rings. The molecule has 1 aliphatic rings. The summed E-state index contributed by atoms with van der Waals surface area (Å²) in [4.78, 5) is 10.7. The van der Waals surface area contributed by atoms with Crippen LogP contribution in [0.1, 0.15) is 33.1 Å². The Bertz CT molecular complexity index is 460. The normalized spacial score (nSPS) is 17.7. The minimum absolute atomic E-state index is 0.126. The summed E-state index contributed by atoms with van der Waals surface area (Å²) in [6.45, 7) is 2.76. The Morgan fingerprint density at radius 3 is 2.39 bits per heavy atom. The second kappa shape index (κ2) is 5.24. The number of nitrogens with zero attached hydrogens (tertiary/aromatic N) is 2. The van der Waals surface area contributed by atoms with Gasteiger partial charge in [-0.05, 0) is 32.1 Å². The Hall–Kier alpha value is -1.13. The second-order valence-electron chi connectivity index (χ2n) is 5.12. The molecule has 0 aromatic heterocycles.